The summed E-state index contributed by atoms with van der Waals surface area (Å²) < 4.78 is 26.7. The summed E-state index contributed by atoms with van der Waals surface area (Å²) in [5.41, 5.74) is 6.58. The van der Waals surface area contributed by atoms with Crippen LogP contribution in [0.25, 0.3) is 0 Å². The standard InChI is InChI=1S/C15H13BrF2N2O/c16-11-7-10(17)8-12(18)14(11)20-15(21)13(19)6-9-4-2-1-3-5-9/h1-5,7-8,13H,6,19H2,(H,20,21)/t13-/m0/s1. The number of anilines is 1. The number of benzene rings is 2. The average molecular weight is 355 g/mol. The zero-order valence-electron chi connectivity index (χ0n) is 10.9. The normalized spacial score (nSPS) is 12.0. The van der Waals surface area contributed by atoms with Crippen LogP contribution in [-0.4, -0.2) is 11.9 Å². The summed E-state index contributed by atoms with van der Waals surface area (Å²) in [5, 5.41) is 2.37. The first-order chi connectivity index (χ1) is 9.97. The lowest BCUT2D eigenvalue weighted by Crippen LogP contribution is -2.37. The Hall–Kier alpha value is -1.79. The lowest BCUT2D eigenvalue weighted by atomic mass is 10.1. The molecule has 6 heteroatoms. The van der Waals surface area contributed by atoms with Crippen molar-refractivity contribution in [1.82, 2.24) is 0 Å². The minimum Gasteiger partial charge on any atom is -0.321 e. The van der Waals surface area contributed by atoms with Gasteiger partial charge in [-0.2, -0.15) is 0 Å². The third-order valence-corrected chi connectivity index (χ3v) is 3.52. The van der Waals surface area contributed by atoms with Crippen molar-refractivity contribution in [3.8, 4) is 0 Å². The Morgan fingerprint density at radius 3 is 2.52 bits per heavy atom. The zero-order valence-corrected chi connectivity index (χ0v) is 12.5. The molecule has 3 nitrogen and oxygen atoms in total. The summed E-state index contributed by atoms with van der Waals surface area (Å²) in [4.78, 5) is 12.0. The number of carbonyl (C=O) groups is 1. The Morgan fingerprint density at radius 2 is 1.90 bits per heavy atom. The molecule has 0 fully saturated rings. The monoisotopic (exact) mass is 354 g/mol. The molecule has 0 saturated carbocycles. The average Bonchev–Trinajstić information content (AvgIpc) is 2.43. The number of hydrogen-bond donors (Lipinski definition) is 2. The summed E-state index contributed by atoms with van der Waals surface area (Å²) >= 11 is 3.01. The SMILES string of the molecule is N[C@@H](Cc1ccccc1)C(=O)Nc1c(F)cc(F)cc1Br. The van der Waals surface area contributed by atoms with E-state index >= 15 is 0 Å². The van der Waals surface area contributed by atoms with E-state index in [-0.39, 0.29) is 10.2 Å². The van der Waals surface area contributed by atoms with Crippen LogP contribution in [0, 0.1) is 11.6 Å². The molecular weight excluding hydrogens is 342 g/mol. The number of nitrogens with one attached hydrogen (secondary N) is 1. The van der Waals surface area contributed by atoms with E-state index < -0.39 is 23.6 Å². The fourth-order valence-corrected chi connectivity index (χ4v) is 2.35. The molecule has 2 aromatic rings. The van der Waals surface area contributed by atoms with Gasteiger partial charge in [0, 0.05) is 10.5 Å². The van der Waals surface area contributed by atoms with Crippen LogP contribution in [0.5, 0.6) is 0 Å². The van der Waals surface area contributed by atoms with E-state index in [2.05, 4.69) is 21.2 Å². The highest BCUT2D eigenvalue weighted by Gasteiger charge is 2.18. The van der Waals surface area contributed by atoms with E-state index in [1.54, 1.807) is 0 Å². The van der Waals surface area contributed by atoms with E-state index in [1.807, 2.05) is 30.3 Å². The summed E-state index contributed by atoms with van der Waals surface area (Å²) in [6.45, 7) is 0. The van der Waals surface area contributed by atoms with Gasteiger partial charge in [0.15, 0.2) is 5.82 Å². The second kappa shape index (κ2) is 6.78. The molecule has 0 unspecified atom stereocenters. The molecular formula is C15H13BrF2N2O. The molecule has 3 N–H and O–H groups in total. The van der Waals surface area contributed by atoms with E-state index in [4.69, 9.17) is 5.73 Å². The predicted molar refractivity (Wildman–Crippen MR) is 80.8 cm³/mol. The molecule has 0 aromatic heterocycles. The summed E-state index contributed by atoms with van der Waals surface area (Å²) in [7, 11) is 0. The lowest BCUT2D eigenvalue weighted by molar-refractivity contribution is -0.117. The number of rotatable bonds is 4. The number of halogens is 3. The molecule has 1 atom stereocenters. The predicted octanol–water partition coefficient (Wildman–Crippen LogP) is 3.24. The third kappa shape index (κ3) is 4.09. The van der Waals surface area contributed by atoms with Crippen LogP contribution in [0.3, 0.4) is 0 Å². The molecule has 0 saturated heterocycles. The lowest BCUT2D eigenvalue weighted by Gasteiger charge is -2.14. The first kappa shape index (κ1) is 15.6. The van der Waals surface area contributed by atoms with Crippen molar-refractivity contribution in [2.75, 3.05) is 5.32 Å². The summed E-state index contributed by atoms with van der Waals surface area (Å²) in [5.74, 6) is -2.13. The van der Waals surface area contributed by atoms with Crippen molar-refractivity contribution in [2.45, 2.75) is 12.5 Å². The fourth-order valence-electron chi connectivity index (χ4n) is 1.84. The van der Waals surface area contributed by atoms with Gasteiger partial charge in [-0.05, 0) is 34.0 Å². The molecule has 0 heterocycles. The number of amides is 1. The fraction of sp³-hybridized carbons (Fsp3) is 0.133. The number of nitrogens with two attached hydrogens (primary N) is 1. The smallest absolute Gasteiger partial charge is 0.241 e. The molecule has 2 rings (SSSR count). The van der Waals surface area contributed by atoms with Crippen molar-refractivity contribution in [2.24, 2.45) is 5.73 Å². The number of hydrogen-bond acceptors (Lipinski definition) is 2. The van der Waals surface area contributed by atoms with Gasteiger partial charge in [0.05, 0.1) is 11.7 Å². The van der Waals surface area contributed by atoms with Gasteiger partial charge in [0.1, 0.15) is 5.82 Å². The van der Waals surface area contributed by atoms with E-state index in [0.29, 0.717) is 12.5 Å². The van der Waals surface area contributed by atoms with Crippen molar-refractivity contribution in [3.63, 3.8) is 0 Å². The van der Waals surface area contributed by atoms with Gasteiger partial charge in [-0.25, -0.2) is 8.78 Å². The Bertz CT molecular complexity index is 626. The van der Waals surface area contributed by atoms with Crippen LogP contribution in [-0.2, 0) is 11.2 Å². The van der Waals surface area contributed by atoms with Gasteiger partial charge < -0.3 is 11.1 Å². The van der Waals surface area contributed by atoms with Crippen LogP contribution in [0.1, 0.15) is 5.56 Å². The molecule has 21 heavy (non-hydrogen) atoms. The molecule has 0 radical (unpaired) electrons. The molecule has 0 spiro atoms. The molecule has 0 aliphatic heterocycles. The molecule has 0 bridgehead atoms. The van der Waals surface area contributed by atoms with E-state index in [9.17, 15) is 13.6 Å². The van der Waals surface area contributed by atoms with Crippen LogP contribution in [0.2, 0.25) is 0 Å². The van der Waals surface area contributed by atoms with E-state index in [1.165, 1.54) is 0 Å². The minimum atomic E-state index is -0.859. The van der Waals surface area contributed by atoms with Crippen molar-refractivity contribution < 1.29 is 13.6 Å². The van der Waals surface area contributed by atoms with Crippen molar-refractivity contribution in [1.29, 1.82) is 0 Å². The first-order valence-electron chi connectivity index (χ1n) is 6.22. The van der Waals surface area contributed by atoms with Crippen LogP contribution >= 0.6 is 15.9 Å². The van der Waals surface area contributed by atoms with Crippen molar-refractivity contribution >= 4 is 27.5 Å². The van der Waals surface area contributed by atoms with Crippen LogP contribution in [0.15, 0.2) is 46.9 Å². The first-order valence-corrected chi connectivity index (χ1v) is 7.01. The van der Waals surface area contributed by atoms with Gasteiger partial charge in [-0.3, -0.25) is 4.79 Å². The van der Waals surface area contributed by atoms with Gasteiger partial charge in [-0.1, -0.05) is 30.3 Å². The maximum Gasteiger partial charge on any atom is 0.241 e. The quantitative estimate of drug-likeness (QED) is 0.885. The zero-order chi connectivity index (χ0) is 15.4. The summed E-state index contributed by atoms with van der Waals surface area (Å²) in [6, 6.07) is 10.2. The maximum atomic E-state index is 13.6. The molecule has 110 valence electrons. The van der Waals surface area contributed by atoms with Crippen molar-refractivity contribution in [3.05, 3.63) is 64.1 Å². The minimum absolute atomic E-state index is 0.120. The topological polar surface area (TPSA) is 55.1 Å². The number of carbonyl (C=O) groups excluding carboxylic acids is 1. The highest BCUT2D eigenvalue weighted by molar-refractivity contribution is 9.10. The maximum absolute atomic E-state index is 13.6. The molecule has 1 amide bonds. The second-order valence-corrected chi connectivity index (χ2v) is 5.38. The molecule has 2 aromatic carbocycles. The second-order valence-electron chi connectivity index (χ2n) is 4.53. The highest BCUT2D eigenvalue weighted by atomic mass is 79.9. The van der Waals surface area contributed by atoms with Crippen LogP contribution in [0.4, 0.5) is 14.5 Å². The van der Waals surface area contributed by atoms with Crippen LogP contribution < -0.4 is 11.1 Å². The Labute approximate surface area is 129 Å². The van der Waals surface area contributed by atoms with Gasteiger partial charge in [0.25, 0.3) is 0 Å². The van der Waals surface area contributed by atoms with Gasteiger partial charge >= 0.3 is 0 Å². The Morgan fingerprint density at radius 1 is 1.24 bits per heavy atom. The Kier molecular flexibility index (Phi) is 5.03. The van der Waals surface area contributed by atoms with Gasteiger partial charge in [-0.15, -0.1) is 0 Å². The highest BCUT2D eigenvalue weighted by Crippen LogP contribution is 2.27. The molecule has 0 aliphatic carbocycles. The van der Waals surface area contributed by atoms with Gasteiger partial charge in [0.2, 0.25) is 5.91 Å². The summed E-state index contributed by atoms with van der Waals surface area (Å²) in [6.07, 6.45) is 0.326. The van der Waals surface area contributed by atoms with E-state index in [0.717, 1.165) is 11.6 Å². The molecule has 0 aliphatic rings. The third-order valence-electron chi connectivity index (χ3n) is 2.89. The Balaban J connectivity index is 2.08. The largest absolute Gasteiger partial charge is 0.321 e.